The standard InChI is InChI=1S/C53H48N10O21S6/c1-25-11-39(58-62-45-21-35-31(17-51(45)89(77,78)79)15-33(85(65,66)67)19-49(35)87(71,72)73)27(3)9-37(25)56-60-41-23-47(83-7)43(13-29(41)5)54-53(64)55-44-14-30(6)42(24-48(44)84-8)61-57-38-10-28(4)40(12-26(38)2)59-63-46-22-36-32(18-52(46)90(80,81)82)16-34(86(68,69)70)20-50(36)88(74,75)76/h9-24H,1-8H3,(H2,54,55,64)(H,65,66,67)(H,68,69,70)(H,71,72,73)(H,74,75,76)(H,77,78,79)(H,80,81,82). The molecule has 2 amide bonds. The number of hydrogen-bond donors (Lipinski definition) is 8. The van der Waals surface area contributed by atoms with Crippen LogP contribution < -0.4 is 20.1 Å². The summed E-state index contributed by atoms with van der Waals surface area (Å²) < 4.78 is 217. The molecule has 0 unspecified atom stereocenters. The van der Waals surface area contributed by atoms with Crippen LogP contribution in [0.1, 0.15) is 33.4 Å². The van der Waals surface area contributed by atoms with E-state index in [1.54, 1.807) is 65.8 Å². The van der Waals surface area contributed by atoms with Crippen molar-refractivity contribution in [1.29, 1.82) is 0 Å². The maximum atomic E-state index is 13.6. The number of amides is 2. The summed E-state index contributed by atoms with van der Waals surface area (Å²) in [6.45, 7) is 9.90. The van der Waals surface area contributed by atoms with Crippen LogP contribution in [-0.2, 0) is 60.7 Å². The maximum Gasteiger partial charge on any atom is 0.323 e. The van der Waals surface area contributed by atoms with Crippen molar-refractivity contribution >= 4 is 145 Å². The quantitative estimate of drug-likeness (QED) is 0.0292. The van der Waals surface area contributed by atoms with Gasteiger partial charge in [0.2, 0.25) is 0 Å². The van der Waals surface area contributed by atoms with E-state index in [9.17, 15) is 82.6 Å². The zero-order valence-corrected chi connectivity index (χ0v) is 52.5. The van der Waals surface area contributed by atoms with E-state index in [1.165, 1.54) is 38.5 Å². The van der Waals surface area contributed by atoms with Gasteiger partial charge in [-0.3, -0.25) is 27.3 Å². The lowest BCUT2D eigenvalue weighted by Gasteiger charge is -2.15. The largest absolute Gasteiger partial charge is 0.494 e. The highest BCUT2D eigenvalue weighted by Crippen LogP contribution is 2.42. The highest BCUT2D eigenvalue weighted by Gasteiger charge is 2.27. The molecule has 8 rings (SSSR count). The Kier molecular flexibility index (Phi) is 18.4. The van der Waals surface area contributed by atoms with Crippen LogP contribution in [0.4, 0.5) is 61.7 Å². The molecule has 37 heteroatoms. The number of rotatable bonds is 18. The first-order chi connectivity index (χ1) is 41.6. The van der Waals surface area contributed by atoms with E-state index in [0.717, 1.165) is 24.3 Å². The summed E-state index contributed by atoms with van der Waals surface area (Å²) in [6, 6.07) is 17.1. The van der Waals surface area contributed by atoms with Gasteiger partial charge in [0.25, 0.3) is 60.7 Å². The lowest BCUT2D eigenvalue weighted by Crippen LogP contribution is -2.20. The predicted molar refractivity (Wildman–Crippen MR) is 323 cm³/mol. The first-order valence-electron chi connectivity index (χ1n) is 25.1. The Morgan fingerprint density at radius 2 is 0.578 bits per heavy atom. The van der Waals surface area contributed by atoms with Crippen LogP contribution in [0.15, 0.2) is 167 Å². The summed E-state index contributed by atoms with van der Waals surface area (Å²) in [7, 11) is -28.0. The number of azo groups is 4. The topological polar surface area (TPSA) is 485 Å². The molecular formula is C53H48N10O21S6. The molecule has 31 nitrogen and oxygen atoms in total. The number of nitrogens with zero attached hydrogens (tertiary/aromatic N) is 8. The van der Waals surface area contributed by atoms with Crippen molar-refractivity contribution in [2.75, 3.05) is 24.9 Å². The van der Waals surface area contributed by atoms with Gasteiger partial charge in [-0.15, -0.1) is 10.2 Å². The molecule has 8 aromatic rings. The number of nitrogens with one attached hydrogen (secondary N) is 2. The van der Waals surface area contributed by atoms with Crippen molar-refractivity contribution < 1.29 is 92.1 Å². The molecule has 0 radical (unpaired) electrons. The van der Waals surface area contributed by atoms with Gasteiger partial charge in [0, 0.05) is 22.9 Å². The minimum absolute atomic E-state index is 0.157. The van der Waals surface area contributed by atoms with Crippen LogP contribution in [0, 0.1) is 41.5 Å². The monoisotopic (exact) mass is 1350 g/mol. The Bertz CT molecular complexity index is 4930. The average Bonchev–Trinajstić information content (AvgIpc) is 0.778. The maximum absolute atomic E-state index is 13.6. The number of ether oxygens (including phenoxy) is 2. The third-order valence-electron chi connectivity index (χ3n) is 13.3. The Balaban J connectivity index is 0.975. The number of carbonyl (C=O) groups is 1. The van der Waals surface area contributed by atoms with Crippen LogP contribution in [0.5, 0.6) is 11.5 Å². The molecule has 0 aliphatic carbocycles. The van der Waals surface area contributed by atoms with E-state index >= 15 is 0 Å². The average molecular weight is 1350 g/mol. The molecule has 0 aliphatic rings. The lowest BCUT2D eigenvalue weighted by atomic mass is 10.1. The summed E-state index contributed by atoms with van der Waals surface area (Å²) in [5.74, 6) is 0.368. The van der Waals surface area contributed by atoms with Crippen molar-refractivity contribution in [3.63, 3.8) is 0 Å². The third-order valence-corrected chi connectivity index (χ3v) is 18.5. The molecule has 0 fully saturated rings. The second-order valence-electron chi connectivity index (χ2n) is 19.7. The first kappa shape index (κ1) is 67.0. The second kappa shape index (κ2) is 24.8. The number of benzene rings is 8. The van der Waals surface area contributed by atoms with Gasteiger partial charge in [-0.2, -0.15) is 81.2 Å². The molecule has 0 heterocycles. The fourth-order valence-corrected chi connectivity index (χ4v) is 12.7. The summed E-state index contributed by atoms with van der Waals surface area (Å²) in [5.41, 5.74) is 3.82. The van der Waals surface area contributed by atoms with Crippen molar-refractivity contribution in [3.8, 4) is 11.5 Å². The van der Waals surface area contributed by atoms with Crippen molar-refractivity contribution in [2.24, 2.45) is 40.9 Å². The molecule has 0 aliphatic heterocycles. The summed E-state index contributed by atoms with van der Waals surface area (Å²) >= 11 is 0. The smallest absolute Gasteiger partial charge is 0.323 e. The van der Waals surface area contributed by atoms with Crippen molar-refractivity contribution in [2.45, 2.75) is 70.9 Å². The van der Waals surface area contributed by atoms with Gasteiger partial charge >= 0.3 is 6.03 Å². The van der Waals surface area contributed by atoms with Crippen molar-refractivity contribution in [1.82, 2.24) is 0 Å². The Morgan fingerprint density at radius 1 is 0.322 bits per heavy atom. The SMILES string of the molecule is COc1cc(N=Nc2cc(C)c(N=Nc3cc4c(S(=O)(=O)O)cc(S(=O)(=O)O)cc4cc3S(=O)(=O)O)cc2C)c(C)cc1NC(=O)Nc1cc(C)c(N=Nc2cc(C)c(N=Nc3cc4c(S(=O)(=O)O)cc(S(=O)(=O)O)cc4cc3S(=O)(=O)O)cc2C)cc1OC. The highest BCUT2D eigenvalue weighted by atomic mass is 32.2. The van der Waals surface area contributed by atoms with Crippen LogP contribution >= 0.6 is 0 Å². The van der Waals surface area contributed by atoms with E-state index in [1.807, 2.05) is 0 Å². The molecule has 0 saturated heterocycles. The van der Waals surface area contributed by atoms with Crippen LogP contribution in [-0.4, -0.2) is 98.1 Å². The van der Waals surface area contributed by atoms with Gasteiger partial charge in [0.05, 0.1) is 69.5 Å². The number of aryl methyl sites for hydroxylation is 6. The van der Waals surface area contributed by atoms with Gasteiger partial charge in [-0.1, -0.05) is 0 Å². The number of carbonyl (C=O) groups excluding carboxylic acids is 1. The fourth-order valence-electron chi connectivity index (χ4n) is 8.74. The molecule has 8 aromatic carbocycles. The van der Waals surface area contributed by atoms with Gasteiger partial charge < -0.3 is 20.1 Å². The molecule has 0 atom stereocenters. The molecule has 8 N–H and O–H groups in total. The number of fused-ring (bicyclic) bond motifs is 2. The normalized spacial score (nSPS) is 13.0. The molecule has 0 saturated carbocycles. The van der Waals surface area contributed by atoms with E-state index in [4.69, 9.17) is 9.47 Å². The Hall–Kier alpha value is -8.99. The zero-order chi connectivity index (χ0) is 66.5. The number of hydrogen-bond acceptors (Lipinski definition) is 23. The fraction of sp³-hybridized carbons (Fsp3) is 0.151. The van der Waals surface area contributed by atoms with Crippen molar-refractivity contribution in [3.05, 3.63) is 130 Å². The van der Waals surface area contributed by atoms with Crippen LogP contribution in [0.25, 0.3) is 21.5 Å². The summed E-state index contributed by atoms with van der Waals surface area (Å²) in [5, 5.41) is 37.5. The van der Waals surface area contributed by atoms with Gasteiger partial charge in [-0.05, 0) is 171 Å². The molecule has 0 bridgehead atoms. The van der Waals surface area contributed by atoms with Gasteiger partial charge in [0.15, 0.2) is 0 Å². The predicted octanol–water partition coefficient (Wildman–Crippen LogP) is 12.6. The Labute approximate surface area is 512 Å². The molecular weight excluding hydrogens is 1310 g/mol. The highest BCUT2D eigenvalue weighted by molar-refractivity contribution is 7.87. The molecule has 0 spiro atoms. The number of anilines is 2. The molecule has 472 valence electrons. The summed E-state index contributed by atoms with van der Waals surface area (Å²) in [4.78, 5) is 7.68. The molecule has 90 heavy (non-hydrogen) atoms. The lowest BCUT2D eigenvalue weighted by molar-refractivity contribution is 0.262. The zero-order valence-electron chi connectivity index (χ0n) is 47.6. The van der Waals surface area contributed by atoms with Gasteiger partial charge in [0.1, 0.15) is 42.5 Å². The summed E-state index contributed by atoms with van der Waals surface area (Å²) in [6.07, 6.45) is 0. The molecule has 0 aromatic heterocycles. The van der Waals surface area contributed by atoms with E-state index < -0.39 is 129 Å². The number of urea groups is 1. The van der Waals surface area contributed by atoms with Crippen LogP contribution in [0.3, 0.4) is 0 Å². The third kappa shape index (κ3) is 15.0. The van der Waals surface area contributed by atoms with E-state index in [-0.39, 0.29) is 34.2 Å². The van der Waals surface area contributed by atoms with E-state index in [0.29, 0.717) is 80.4 Å². The number of methoxy groups -OCH3 is 2. The first-order valence-corrected chi connectivity index (χ1v) is 33.7. The van der Waals surface area contributed by atoms with E-state index in [2.05, 4.69) is 51.5 Å². The minimum Gasteiger partial charge on any atom is -0.494 e. The minimum atomic E-state index is -5.19. The van der Waals surface area contributed by atoms with Crippen LogP contribution in [0.2, 0.25) is 0 Å². The van der Waals surface area contributed by atoms with Gasteiger partial charge in [-0.25, -0.2) is 4.79 Å². The Morgan fingerprint density at radius 3 is 0.833 bits per heavy atom. The second-order valence-corrected chi connectivity index (χ2v) is 28.1.